The Kier molecular flexibility index (Phi) is 9.29. The van der Waals surface area contributed by atoms with Crippen LogP contribution in [0.5, 0.6) is 0 Å². The number of amides is 3. The number of anilines is 3. The Balaban J connectivity index is 1.84. The van der Waals surface area contributed by atoms with Crippen LogP contribution in [0.3, 0.4) is 0 Å². The van der Waals surface area contributed by atoms with Crippen LogP contribution in [0.4, 0.5) is 17.1 Å². The molecule has 2 aliphatic carbocycles. The van der Waals surface area contributed by atoms with Crippen LogP contribution < -0.4 is 16.0 Å². The first-order valence-corrected chi connectivity index (χ1v) is 15.0. The van der Waals surface area contributed by atoms with E-state index in [4.69, 9.17) is 0 Å². The van der Waals surface area contributed by atoms with Crippen LogP contribution in [-0.2, 0) is 14.4 Å². The maximum absolute atomic E-state index is 13.8. The zero-order valence-electron chi connectivity index (χ0n) is 26.0. The average Bonchev–Trinajstić information content (AvgIpc) is 2.82. The first-order chi connectivity index (χ1) is 17.9. The van der Waals surface area contributed by atoms with Gasteiger partial charge in [0, 0.05) is 28.4 Å². The summed E-state index contributed by atoms with van der Waals surface area (Å²) >= 11 is 0. The maximum Gasteiger partial charge on any atom is 0.231 e. The van der Waals surface area contributed by atoms with E-state index in [0.29, 0.717) is 23.0 Å². The van der Waals surface area contributed by atoms with Crippen molar-refractivity contribution in [2.24, 2.45) is 33.5 Å². The fraction of sp³-hybridized carbons (Fsp3) is 0.727. The standard InChI is InChI=1S/C33H53N3O3/c1-30(2,3)23-15-13-22(14-16-23)27(37)34-24-19-25(35-28(38)31(4,5)6)21-26(20-24)36-29(39)33(32(7,8)9)17-11-10-12-18-33/h19-23H,10-18H2,1-9H3,(H,34,37)(H,35,38)(H,36,39). The van der Waals surface area contributed by atoms with Crippen molar-refractivity contribution in [2.75, 3.05) is 16.0 Å². The van der Waals surface area contributed by atoms with Crippen molar-refractivity contribution in [2.45, 2.75) is 120 Å². The highest BCUT2D eigenvalue weighted by molar-refractivity contribution is 6.01. The van der Waals surface area contributed by atoms with Gasteiger partial charge in [-0.15, -0.1) is 0 Å². The van der Waals surface area contributed by atoms with Crippen molar-refractivity contribution < 1.29 is 14.4 Å². The lowest BCUT2D eigenvalue weighted by Crippen LogP contribution is -2.47. The van der Waals surface area contributed by atoms with Gasteiger partial charge in [-0.1, -0.05) is 81.6 Å². The molecular weight excluding hydrogens is 486 g/mol. The van der Waals surface area contributed by atoms with Gasteiger partial charge in [0.05, 0.1) is 5.41 Å². The molecule has 0 bridgehead atoms. The second-order valence-corrected chi connectivity index (χ2v) is 15.3. The third-order valence-electron chi connectivity index (χ3n) is 9.30. The summed E-state index contributed by atoms with van der Waals surface area (Å²) in [4.78, 5) is 39.9. The van der Waals surface area contributed by atoms with Gasteiger partial charge >= 0.3 is 0 Å². The van der Waals surface area contributed by atoms with Crippen LogP contribution in [0.25, 0.3) is 0 Å². The molecule has 218 valence electrons. The lowest BCUT2D eigenvalue weighted by atomic mass is 9.59. The summed E-state index contributed by atoms with van der Waals surface area (Å²) in [6.45, 7) is 18.9. The molecule has 6 heteroatoms. The zero-order chi connectivity index (χ0) is 29.2. The van der Waals surface area contributed by atoms with Crippen LogP contribution >= 0.6 is 0 Å². The van der Waals surface area contributed by atoms with E-state index in [1.165, 1.54) is 0 Å². The van der Waals surface area contributed by atoms with Gasteiger partial charge in [0.15, 0.2) is 0 Å². The molecule has 3 rings (SSSR count). The fourth-order valence-corrected chi connectivity index (χ4v) is 6.35. The third-order valence-corrected chi connectivity index (χ3v) is 9.30. The van der Waals surface area contributed by atoms with Crippen molar-refractivity contribution >= 4 is 34.8 Å². The molecule has 1 aromatic carbocycles. The molecule has 39 heavy (non-hydrogen) atoms. The minimum atomic E-state index is -0.577. The molecule has 0 spiro atoms. The molecule has 2 fully saturated rings. The molecule has 0 unspecified atom stereocenters. The van der Waals surface area contributed by atoms with Gasteiger partial charge in [-0.05, 0) is 73.5 Å². The van der Waals surface area contributed by atoms with E-state index >= 15 is 0 Å². The second kappa shape index (κ2) is 11.6. The zero-order valence-corrected chi connectivity index (χ0v) is 26.0. The SMILES string of the molecule is CC(C)(C)C(=O)Nc1cc(NC(=O)C2CCC(C(C)(C)C)CC2)cc(NC(=O)C2(C(C)(C)C)CCCCC2)c1. The smallest absolute Gasteiger partial charge is 0.231 e. The van der Waals surface area contributed by atoms with Crippen molar-refractivity contribution in [3.8, 4) is 0 Å². The van der Waals surface area contributed by atoms with E-state index in [0.717, 1.165) is 57.8 Å². The van der Waals surface area contributed by atoms with Gasteiger partial charge in [-0.25, -0.2) is 0 Å². The summed E-state index contributed by atoms with van der Waals surface area (Å²) in [5.41, 5.74) is 0.793. The van der Waals surface area contributed by atoms with Crippen LogP contribution in [0.2, 0.25) is 0 Å². The van der Waals surface area contributed by atoms with E-state index in [9.17, 15) is 14.4 Å². The van der Waals surface area contributed by atoms with E-state index in [-0.39, 0.29) is 34.5 Å². The predicted molar refractivity (Wildman–Crippen MR) is 162 cm³/mol. The molecule has 3 amide bonds. The lowest BCUT2D eigenvalue weighted by molar-refractivity contribution is -0.135. The highest BCUT2D eigenvalue weighted by Crippen LogP contribution is 2.50. The molecule has 0 heterocycles. The van der Waals surface area contributed by atoms with Crippen molar-refractivity contribution in [1.82, 2.24) is 0 Å². The van der Waals surface area contributed by atoms with Crippen molar-refractivity contribution in [3.05, 3.63) is 18.2 Å². The van der Waals surface area contributed by atoms with Crippen LogP contribution in [0.15, 0.2) is 18.2 Å². The molecule has 2 aliphatic rings. The van der Waals surface area contributed by atoms with Crippen molar-refractivity contribution in [1.29, 1.82) is 0 Å². The molecule has 1 aromatic rings. The first kappa shape index (κ1) is 31.2. The monoisotopic (exact) mass is 539 g/mol. The van der Waals surface area contributed by atoms with Gasteiger partial charge in [0.25, 0.3) is 0 Å². The Morgan fingerprint density at radius 2 is 1.18 bits per heavy atom. The number of hydrogen-bond donors (Lipinski definition) is 3. The number of hydrogen-bond acceptors (Lipinski definition) is 3. The minimum absolute atomic E-state index is 0.0115. The van der Waals surface area contributed by atoms with Crippen LogP contribution in [0.1, 0.15) is 120 Å². The Labute approximate surface area is 236 Å². The number of benzene rings is 1. The third kappa shape index (κ3) is 7.64. The Morgan fingerprint density at radius 1 is 0.692 bits per heavy atom. The van der Waals surface area contributed by atoms with E-state index in [2.05, 4.69) is 57.5 Å². The first-order valence-electron chi connectivity index (χ1n) is 15.0. The van der Waals surface area contributed by atoms with Gasteiger partial charge in [-0.2, -0.15) is 0 Å². The summed E-state index contributed by atoms with van der Waals surface area (Å²) in [7, 11) is 0. The van der Waals surface area contributed by atoms with Crippen LogP contribution in [-0.4, -0.2) is 17.7 Å². The maximum atomic E-state index is 13.8. The average molecular weight is 540 g/mol. The molecule has 0 saturated heterocycles. The number of carbonyl (C=O) groups is 3. The summed E-state index contributed by atoms with van der Waals surface area (Å²) in [5.74, 6) is 0.515. The molecule has 0 aromatic heterocycles. The quantitative estimate of drug-likeness (QED) is 0.351. The number of nitrogens with one attached hydrogen (secondary N) is 3. The number of carbonyl (C=O) groups excluding carboxylic acids is 3. The second-order valence-electron chi connectivity index (χ2n) is 15.3. The highest BCUT2D eigenvalue weighted by atomic mass is 16.2. The minimum Gasteiger partial charge on any atom is -0.326 e. The van der Waals surface area contributed by atoms with E-state index in [1.807, 2.05) is 26.8 Å². The van der Waals surface area contributed by atoms with Gasteiger partial charge in [0.1, 0.15) is 0 Å². The molecule has 0 atom stereocenters. The van der Waals surface area contributed by atoms with Crippen LogP contribution in [0, 0.1) is 33.5 Å². The molecule has 3 N–H and O–H groups in total. The van der Waals surface area contributed by atoms with E-state index in [1.54, 1.807) is 12.1 Å². The topological polar surface area (TPSA) is 87.3 Å². The summed E-state index contributed by atoms with van der Waals surface area (Å²) < 4.78 is 0. The van der Waals surface area contributed by atoms with Gasteiger partial charge in [-0.3, -0.25) is 14.4 Å². The molecule has 2 saturated carbocycles. The molecular formula is C33H53N3O3. The Morgan fingerprint density at radius 3 is 1.64 bits per heavy atom. The highest BCUT2D eigenvalue weighted by Gasteiger charge is 2.48. The fourth-order valence-electron chi connectivity index (χ4n) is 6.35. The van der Waals surface area contributed by atoms with Crippen molar-refractivity contribution in [3.63, 3.8) is 0 Å². The summed E-state index contributed by atoms with van der Waals surface area (Å²) in [5, 5.41) is 9.28. The molecule has 0 aliphatic heterocycles. The number of rotatable bonds is 5. The largest absolute Gasteiger partial charge is 0.326 e. The summed E-state index contributed by atoms with van der Waals surface area (Å²) in [6, 6.07) is 5.41. The predicted octanol–water partition coefficient (Wildman–Crippen LogP) is 8.40. The van der Waals surface area contributed by atoms with Gasteiger partial charge < -0.3 is 16.0 Å². The van der Waals surface area contributed by atoms with Gasteiger partial charge in [0.2, 0.25) is 17.7 Å². The lowest BCUT2D eigenvalue weighted by Gasteiger charge is -2.46. The molecule has 0 radical (unpaired) electrons. The normalized spacial score (nSPS) is 22.1. The Bertz CT molecular complexity index is 1040. The molecule has 6 nitrogen and oxygen atoms in total. The Hall–Kier alpha value is -2.37. The summed E-state index contributed by atoms with van der Waals surface area (Å²) in [6.07, 6.45) is 8.85. The van der Waals surface area contributed by atoms with E-state index < -0.39 is 10.8 Å².